The summed E-state index contributed by atoms with van der Waals surface area (Å²) in [6.45, 7) is 13.5. The zero-order valence-electron chi connectivity index (χ0n) is 22.7. The average molecular weight is 477 g/mol. The first-order valence-electron chi connectivity index (χ1n) is 12.8. The normalized spacial score (nSPS) is 11.8. The summed E-state index contributed by atoms with van der Waals surface area (Å²) in [6, 6.07) is 18.2. The van der Waals surface area contributed by atoms with Gasteiger partial charge in [-0.1, -0.05) is 87.4 Å². The van der Waals surface area contributed by atoms with E-state index < -0.39 is 0 Å². The van der Waals surface area contributed by atoms with Crippen molar-refractivity contribution in [2.24, 2.45) is 14.1 Å². The maximum atomic E-state index is 3.57. The van der Waals surface area contributed by atoms with Crippen molar-refractivity contribution < 1.29 is 9.13 Å². The summed E-state index contributed by atoms with van der Waals surface area (Å²) in [5.74, 6) is 0.841. The van der Waals surface area contributed by atoms with Crippen LogP contribution in [-0.4, -0.2) is 9.13 Å². The molecule has 0 amide bonds. The highest BCUT2D eigenvalue weighted by Gasteiger charge is 2.18. The van der Waals surface area contributed by atoms with E-state index in [1.54, 1.807) is 0 Å². The summed E-state index contributed by atoms with van der Waals surface area (Å²) in [6.07, 6.45) is 11.0. The van der Waals surface area contributed by atoms with Gasteiger partial charge in [0, 0.05) is 23.8 Å². The zero-order valence-corrected chi connectivity index (χ0v) is 22.7. The summed E-state index contributed by atoms with van der Waals surface area (Å²) in [5.41, 5.74) is 12.4. The highest BCUT2D eigenvalue weighted by Crippen LogP contribution is 2.37. The van der Waals surface area contributed by atoms with Crippen molar-refractivity contribution in [1.29, 1.82) is 0 Å². The van der Waals surface area contributed by atoms with Gasteiger partial charge in [-0.25, -0.2) is 0 Å². The number of hydrogen-bond donors (Lipinski definition) is 0. The first-order chi connectivity index (χ1) is 17.1. The van der Waals surface area contributed by atoms with E-state index in [0.29, 0.717) is 11.8 Å². The van der Waals surface area contributed by atoms with Crippen molar-refractivity contribution >= 4 is 11.0 Å². The van der Waals surface area contributed by atoms with Gasteiger partial charge in [-0.05, 0) is 47.9 Å². The van der Waals surface area contributed by atoms with Crippen LogP contribution in [0, 0.1) is 26.5 Å². The molecule has 5 rings (SSSR count). The molecule has 184 valence electrons. The summed E-state index contributed by atoms with van der Waals surface area (Å²) < 4.78 is 8.32. The van der Waals surface area contributed by atoms with Crippen LogP contribution in [0.15, 0.2) is 60.9 Å². The minimum absolute atomic E-state index is 0.421. The monoisotopic (exact) mass is 476 g/mol. The Morgan fingerprint density at radius 2 is 1.42 bits per heavy atom. The van der Waals surface area contributed by atoms with E-state index in [0.717, 1.165) is 16.9 Å². The van der Waals surface area contributed by atoms with Crippen molar-refractivity contribution in [1.82, 2.24) is 9.13 Å². The van der Waals surface area contributed by atoms with Crippen LogP contribution in [0.3, 0.4) is 0 Å². The van der Waals surface area contributed by atoms with Crippen LogP contribution >= 0.6 is 0 Å². The predicted octanol–water partition coefficient (Wildman–Crippen LogP) is 6.20. The fourth-order valence-electron chi connectivity index (χ4n) is 5.13. The van der Waals surface area contributed by atoms with Gasteiger partial charge in [-0.3, -0.25) is 0 Å². The van der Waals surface area contributed by atoms with Crippen LogP contribution in [0.2, 0.25) is 0 Å². The van der Waals surface area contributed by atoms with E-state index in [1.807, 2.05) is 17.8 Å². The third kappa shape index (κ3) is 4.15. The van der Waals surface area contributed by atoms with Gasteiger partial charge < -0.3 is 18.3 Å². The van der Waals surface area contributed by atoms with Crippen molar-refractivity contribution in [2.45, 2.75) is 53.4 Å². The largest absolute Gasteiger partial charge is 0.327 e. The molecule has 0 aliphatic carbocycles. The maximum absolute atomic E-state index is 3.57. The molecule has 0 spiro atoms. The van der Waals surface area contributed by atoms with Crippen LogP contribution in [0.1, 0.15) is 61.8 Å². The van der Waals surface area contributed by atoms with Crippen molar-refractivity contribution in [3.8, 4) is 22.5 Å². The third-order valence-electron chi connectivity index (χ3n) is 7.25. The summed E-state index contributed by atoms with van der Waals surface area (Å²) in [7, 11) is 4.08. The van der Waals surface area contributed by atoms with Crippen LogP contribution in [-0.2, 0) is 14.1 Å². The lowest BCUT2D eigenvalue weighted by Gasteiger charge is -2.22. The molecule has 2 aromatic heterocycles. The Morgan fingerprint density at radius 3 is 2.03 bits per heavy atom. The van der Waals surface area contributed by atoms with Gasteiger partial charge in [0.05, 0.1) is 25.1 Å². The van der Waals surface area contributed by atoms with Crippen LogP contribution in [0.5, 0.6) is 0 Å². The van der Waals surface area contributed by atoms with E-state index in [4.69, 9.17) is 0 Å². The van der Waals surface area contributed by atoms with Gasteiger partial charge in [0.15, 0.2) is 0 Å². The van der Waals surface area contributed by atoms with E-state index in [2.05, 4.69) is 130 Å². The molecule has 0 saturated carbocycles. The quantitative estimate of drug-likeness (QED) is 0.212. The Labute approximate surface area is 215 Å². The maximum Gasteiger partial charge on any atom is 0.244 e. The predicted molar refractivity (Wildman–Crippen MR) is 146 cm³/mol. The molecule has 3 aromatic carbocycles. The van der Waals surface area contributed by atoms with Gasteiger partial charge in [0.1, 0.15) is 0 Å². The molecule has 0 atom stereocenters. The molecular weight excluding hydrogens is 440 g/mol. The SMILES string of the molecule is Cc1cc2c(cc1C)[n+](-c1cc(-c3c(C(C)C)cccc3C(C)C)cc(-[n+]3[c-]n(C)cc3)c1)[c-]n2C. The summed E-state index contributed by atoms with van der Waals surface area (Å²) in [5, 5.41) is 0. The molecule has 0 aliphatic heterocycles. The Hall–Kier alpha value is -3.66. The second-order valence-electron chi connectivity index (χ2n) is 10.7. The smallest absolute Gasteiger partial charge is 0.244 e. The second kappa shape index (κ2) is 9.09. The Bertz CT molecular complexity index is 1550. The molecule has 0 unspecified atom stereocenters. The number of imidazole rings is 2. The second-order valence-corrected chi connectivity index (χ2v) is 10.7. The van der Waals surface area contributed by atoms with Gasteiger partial charge in [-0.15, -0.1) is 0 Å². The fourth-order valence-corrected chi connectivity index (χ4v) is 5.13. The number of hydrogen-bond acceptors (Lipinski definition) is 0. The van der Waals surface area contributed by atoms with E-state index >= 15 is 0 Å². The van der Waals surface area contributed by atoms with Crippen LogP contribution in [0.25, 0.3) is 33.5 Å². The number of fused-ring (bicyclic) bond motifs is 1. The molecular formula is C32H36N4. The molecule has 0 fully saturated rings. The molecule has 0 radical (unpaired) electrons. The molecule has 0 saturated heterocycles. The molecule has 36 heavy (non-hydrogen) atoms. The number of rotatable bonds is 5. The van der Waals surface area contributed by atoms with Crippen molar-refractivity contribution in [2.75, 3.05) is 0 Å². The molecule has 4 nitrogen and oxygen atoms in total. The Balaban J connectivity index is 1.84. The van der Waals surface area contributed by atoms with E-state index in [-0.39, 0.29) is 0 Å². The minimum atomic E-state index is 0.421. The molecule has 0 N–H and O–H groups in total. The molecule has 4 heteroatoms. The van der Waals surface area contributed by atoms with E-state index in [1.165, 1.54) is 38.9 Å². The number of nitrogens with zero attached hydrogens (tertiary/aromatic N) is 4. The first-order valence-corrected chi connectivity index (χ1v) is 12.8. The first kappa shape index (κ1) is 24.1. The molecule has 5 aromatic rings. The van der Waals surface area contributed by atoms with Gasteiger partial charge in [-0.2, -0.15) is 0 Å². The van der Waals surface area contributed by atoms with Gasteiger partial charge >= 0.3 is 0 Å². The average Bonchev–Trinajstić information content (AvgIpc) is 3.42. The number of aryl methyl sites for hydroxylation is 4. The lowest BCUT2D eigenvalue weighted by molar-refractivity contribution is -0.602. The Kier molecular flexibility index (Phi) is 6.07. The minimum Gasteiger partial charge on any atom is -0.327 e. The van der Waals surface area contributed by atoms with Crippen molar-refractivity contribution in [3.63, 3.8) is 0 Å². The zero-order chi connectivity index (χ0) is 25.7. The van der Waals surface area contributed by atoms with Crippen LogP contribution < -0.4 is 9.13 Å². The summed E-state index contributed by atoms with van der Waals surface area (Å²) >= 11 is 0. The molecule has 0 bridgehead atoms. The number of aromatic nitrogens is 4. The van der Waals surface area contributed by atoms with Crippen molar-refractivity contribution in [3.05, 3.63) is 95.8 Å². The Morgan fingerprint density at radius 1 is 0.778 bits per heavy atom. The molecule has 2 heterocycles. The molecule has 0 aliphatic rings. The third-order valence-corrected chi connectivity index (χ3v) is 7.25. The highest BCUT2D eigenvalue weighted by molar-refractivity contribution is 5.77. The summed E-state index contributed by atoms with van der Waals surface area (Å²) in [4.78, 5) is 0. The van der Waals surface area contributed by atoms with Crippen LogP contribution in [0.4, 0.5) is 0 Å². The number of benzene rings is 3. The topological polar surface area (TPSA) is 17.6 Å². The lowest BCUT2D eigenvalue weighted by atomic mass is 9.85. The highest BCUT2D eigenvalue weighted by atomic mass is 15.1. The van der Waals surface area contributed by atoms with Gasteiger partial charge in [0.2, 0.25) is 12.7 Å². The lowest BCUT2D eigenvalue weighted by Crippen LogP contribution is -2.33. The standard InChI is InChI=1S/C32H36N4/c1-21(2)28-10-9-11-29(22(3)4)32(28)25-16-26(35-13-12-33(7)19-35)18-27(17-25)36-20-34(8)30-14-23(5)24(6)15-31(30)36/h9-18,21-22H,1-8H3. The fraction of sp³-hybridized carbons (Fsp3) is 0.312. The van der Waals surface area contributed by atoms with Gasteiger partial charge in [0.25, 0.3) is 0 Å². The van der Waals surface area contributed by atoms with E-state index in [9.17, 15) is 0 Å².